The third-order valence-corrected chi connectivity index (χ3v) is 2.73. The van der Waals surface area contributed by atoms with Crippen molar-refractivity contribution in [2.45, 2.75) is 13.5 Å². The number of amides is 1. The fraction of sp³-hybridized carbons (Fsp3) is 0.188. The number of pyridine rings is 1. The fourth-order valence-electron chi connectivity index (χ4n) is 1.71. The normalized spacial score (nSPS) is 11.1. The lowest BCUT2D eigenvalue weighted by molar-refractivity contribution is 0.0962. The van der Waals surface area contributed by atoms with Crippen molar-refractivity contribution in [2.24, 2.45) is 4.99 Å². The first-order chi connectivity index (χ1) is 10.7. The Bertz CT molecular complexity index is 659. The molecule has 6 heteroatoms. The minimum atomic E-state index is -0.605. The number of rotatable bonds is 4. The molecule has 5 nitrogen and oxygen atoms in total. The number of hydrogen-bond donors (Lipinski definition) is 1. The molecule has 0 aliphatic heterocycles. The highest BCUT2D eigenvalue weighted by molar-refractivity contribution is 6.04. The molecule has 0 unspecified atom stereocenters. The number of halogens is 1. The zero-order valence-electron chi connectivity index (χ0n) is 12.1. The molecule has 1 N–H and O–H groups in total. The van der Waals surface area contributed by atoms with Gasteiger partial charge in [-0.3, -0.25) is 15.1 Å². The molecule has 0 bridgehead atoms. The first-order valence-electron chi connectivity index (χ1n) is 6.83. The molecule has 0 saturated carbocycles. The van der Waals surface area contributed by atoms with E-state index in [9.17, 15) is 9.18 Å². The SMILES string of the molecule is CCOC(=NCc1ccccn1)NC(=O)c1ccccc1F. The fourth-order valence-corrected chi connectivity index (χ4v) is 1.71. The number of aliphatic imine (C=N–C) groups is 1. The summed E-state index contributed by atoms with van der Waals surface area (Å²) < 4.78 is 18.8. The van der Waals surface area contributed by atoms with Gasteiger partial charge in [-0.2, -0.15) is 0 Å². The molecule has 0 aliphatic rings. The van der Waals surface area contributed by atoms with Gasteiger partial charge in [0, 0.05) is 6.20 Å². The number of nitrogens with one attached hydrogen (secondary N) is 1. The van der Waals surface area contributed by atoms with Crippen molar-refractivity contribution >= 4 is 11.9 Å². The molecule has 0 atom stereocenters. The number of benzene rings is 1. The first-order valence-corrected chi connectivity index (χ1v) is 6.83. The van der Waals surface area contributed by atoms with Crippen LogP contribution in [0.2, 0.25) is 0 Å². The third kappa shape index (κ3) is 4.37. The van der Waals surface area contributed by atoms with Gasteiger partial charge in [0.15, 0.2) is 0 Å². The van der Waals surface area contributed by atoms with Gasteiger partial charge in [-0.05, 0) is 31.2 Å². The van der Waals surface area contributed by atoms with Crippen LogP contribution in [0.1, 0.15) is 23.0 Å². The molecular formula is C16H16FN3O2. The van der Waals surface area contributed by atoms with Gasteiger partial charge in [-0.1, -0.05) is 18.2 Å². The predicted molar refractivity (Wildman–Crippen MR) is 80.9 cm³/mol. The van der Waals surface area contributed by atoms with Crippen molar-refractivity contribution in [3.8, 4) is 0 Å². The van der Waals surface area contributed by atoms with Gasteiger partial charge in [-0.25, -0.2) is 9.38 Å². The Balaban J connectivity index is 2.08. The molecule has 0 radical (unpaired) electrons. The Morgan fingerprint density at radius 1 is 1.27 bits per heavy atom. The van der Waals surface area contributed by atoms with Gasteiger partial charge >= 0.3 is 0 Å². The quantitative estimate of drug-likeness (QED) is 0.697. The number of nitrogens with zero attached hydrogens (tertiary/aromatic N) is 2. The zero-order valence-corrected chi connectivity index (χ0v) is 12.1. The second kappa shape index (κ2) is 7.87. The molecule has 0 spiro atoms. The summed E-state index contributed by atoms with van der Waals surface area (Å²) in [6.45, 7) is 2.36. The molecule has 0 fully saturated rings. The molecule has 1 aromatic heterocycles. The van der Waals surface area contributed by atoms with E-state index in [0.717, 1.165) is 5.69 Å². The Morgan fingerprint density at radius 2 is 2.05 bits per heavy atom. The maximum atomic E-state index is 13.6. The van der Waals surface area contributed by atoms with E-state index < -0.39 is 11.7 Å². The summed E-state index contributed by atoms with van der Waals surface area (Å²) in [6.07, 6.45) is 1.66. The second-order valence-corrected chi connectivity index (χ2v) is 4.31. The monoisotopic (exact) mass is 301 g/mol. The highest BCUT2D eigenvalue weighted by Gasteiger charge is 2.13. The smallest absolute Gasteiger partial charge is 0.292 e. The summed E-state index contributed by atoms with van der Waals surface area (Å²) in [5.41, 5.74) is 0.674. The number of amidine groups is 1. The first kappa shape index (κ1) is 15.6. The summed E-state index contributed by atoms with van der Waals surface area (Å²) in [6, 6.07) is 11.2. The van der Waals surface area contributed by atoms with Crippen molar-refractivity contribution in [1.29, 1.82) is 0 Å². The van der Waals surface area contributed by atoms with Crippen LogP contribution in [0.15, 0.2) is 53.7 Å². The maximum absolute atomic E-state index is 13.6. The van der Waals surface area contributed by atoms with Crippen molar-refractivity contribution in [3.05, 3.63) is 65.7 Å². The molecule has 1 amide bonds. The topological polar surface area (TPSA) is 63.6 Å². The van der Waals surface area contributed by atoms with E-state index in [4.69, 9.17) is 4.74 Å². The van der Waals surface area contributed by atoms with Gasteiger partial charge in [0.1, 0.15) is 5.82 Å². The van der Waals surface area contributed by atoms with E-state index in [1.165, 1.54) is 18.2 Å². The van der Waals surface area contributed by atoms with Crippen LogP contribution in [-0.4, -0.2) is 23.5 Å². The lowest BCUT2D eigenvalue weighted by Gasteiger charge is -2.09. The van der Waals surface area contributed by atoms with Gasteiger partial charge in [0.25, 0.3) is 11.9 Å². The molecular weight excluding hydrogens is 285 g/mol. The van der Waals surface area contributed by atoms with Crippen molar-refractivity contribution in [3.63, 3.8) is 0 Å². The van der Waals surface area contributed by atoms with E-state index in [1.54, 1.807) is 25.3 Å². The van der Waals surface area contributed by atoms with Gasteiger partial charge < -0.3 is 4.74 Å². The van der Waals surface area contributed by atoms with Crippen LogP contribution in [0.5, 0.6) is 0 Å². The molecule has 1 aromatic carbocycles. The summed E-state index contributed by atoms with van der Waals surface area (Å²) in [5.74, 6) is -1.20. The number of carbonyl (C=O) groups excluding carboxylic acids is 1. The van der Waals surface area contributed by atoms with Gasteiger partial charge in [0.2, 0.25) is 0 Å². The average molecular weight is 301 g/mol. The van der Waals surface area contributed by atoms with Crippen LogP contribution in [0.3, 0.4) is 0 Å². The lowest BCUT2D eigenvalue weighted by Crippen LogP contribution is -2.33. The average Bonchev–Trinajstić information content (AvgIpc) is 2.54. The minimum absolute atomic E-state index is 0.0430. The number of hydrogen-bond acceptors (Lipinski definition) is 4. The molecule has 0 aliphatic carbocycles. The highest BCUT2D eigenvalue weighted by Crippen LogP contribution is 2.06. The van der Waals surface area contributed by atoms with Crippen molar-refractivity contribution in [2.75, 3.05) is 6.61 Å². The van der Waals surface area contributed by atoms with Crippen LogP contribution in [0.4, 0.5) is 4.39 Å². The molecule has 114 valence electrons. The summed E-state index contributed by atoms with van der Waals surface area (Å²) in [4.78, 5) is 20.3. The van der Waals surface area contributed by atoms with E-state index in [2.05, 4.69) is 15.3 Å². The zero-order chi connectivity index (χ0) is 15.8. The highest BCUT2D eigenvalue weighted by atomic mass is 19.1. The Kier molecular flexibility index (Phi) is 5.59. The molecule has 0 saturated heterocycles. The van der Waals surface area contributed by atoms with Gasteiger partial charge in [0.05, 0.1) is 24.4 Å². The minimum Gasteiger partial charge on any atom is -0.465 e. The predicted octanol–water partition coefficient (Wildman–Crippen LogP) is 2.54. The third-order valence-electron chi connectivity index (χ3n) is 2.73. The van der Waals surface area contributed by atoms with E-state index in [-0.39, 0.29) is 18.1 Å². The molecule has 2 rings (SSSR count). The number of aromatic nitrogens is 1. The second-order valence-electron chi connectivity index (χ2n) is 4.31. The van der Waals surface area contributed by atoms with Crippen molar-refractivity contribution in [1.82, 2.24) is 10.3 Å². The molecule has 1 heterocycles. The summed E-state index contributed by atoms with van der Waals surface area (Å²) >= 11 is 0. The van der Waals surface area contributed by atoms with E-state index in [0.29, 0.717) is 6.61 Å². The summed E-state index contributed by atoms with van der Waals surface area (Å²) in [5, 5.41) is 2.47. The number of carbonyl (C=O) groups is 1. The van der Waals surface area contributed by atoms with Crippen LogP contribution in [0, 0.1) is 5.82 Å². The van der Waals surface area contributed by atoms with E-state index in [1.807, 2.05) is 12.1 Å². The Hall–Kier alpha value is -2.76. The van der Waals surface area contributed by atoms with Crippen LogP contribution in [0.25, 0.3) is 0 Å². The molecule has 22 heavy (non-hydrogen) atoms. The Labute approximate surface area is 127 Å². The van der Waals surface area contributed by atoms with Crippen molar-refractivity contribution < 1.29 is 13.9 Å². The van der Waals surface area contributed by atoms with Gasteiger partial charge in [-0.15, -0.1) is 0 Å². The summed E-state index contributed by atoms with van der Waals surface area (Å²) in [7, 11) is 0. The number of ether oxygens (including phenoxy) is 1. The van der Waals surface area contributed by atoms with Crippen LogP contribution in [-0.2, 0) is 11.3 Å². The molecule has 2 aromatic rings. The lowest BCUT2D eigenvalue weighted by atomic mass is 10.2. The Morgan fingerprint density at radius 3 is 2.73 bits per heavy atom. The van der Waals surface area contributed by atoms with Crippen LogP contribution < -0.4 is 5.32 Å². The largest absolute Gasteiger partial charge is 0.465 e. The standard InChI is InChI=1S/C16H16FN3O2/c1-2-22-16(19-11-12-7-5-6-10-18-12)20-15(21)13-8-3-4-9-14(13)17/h3-10H,2,11H2,1H3,(H,19,20,21). The van der Waals surface area contributed by atoms with Crippen LogP contribution >= 0.6 is 0 Å². The maximum Gasteiger partial charge on any atom is 0.292 e. The van der Waals surface area contributed by atoms with E-state index >= 15 is 0 Å².